The van der Waals surface area contributed by atoms with Gasteiger partial charge in [0.15, 0.2) is 0 Å². The highest BCUT2D eigenvalue weighted by atomic mass is 32.2. The summed E-state index contributed by atoms with van der Waals surface area (Å²) >= 11 is 3.25. The Kier molecular flexibility index (Phi) is 7.15. The van der Waals surface area contributed by atoms with Crippen LogP contribution in [0.4, 0.5) is 5.00 Å². The second-order valence-corrected chi connectivity index (χ2v) is 9.06. The molecule has 0 bridgehead atoms. The van der Waals surface area contributed by atoms with Crippen molar-refractivity contribution in [3.8, 4) is 0 Å². The van der Waals surface area contributed by atoms with Gasteiger partial charge in [-0.05, 0) is 49.4 Å². The molecule has 0 fully saturated rings. The number of hydrogen-bond acceptors (Lipinski definition) is 5. The van der Waals surface area contributed by atoms with Gasteiger partial charge in [0.1, 0.15) is 11.5 Å². The predicted octanol–water partition coefficient (Wildman–Crippen LogP) is 3.25. The number of hydrogen-bond donors (Lipinski definition) is 2. The van der Waals surface area contributed by atoms with E-state index in [1.165, 1.54) is 21.1 Å². The molecule has 0 spiro atoms. The van der Waals surface area contributed by atoms with Crippen molar-refractivity contribution >= 4 is 40.0 Å². The van der Waals surface area contributed by atoms with Crippen molar-refractivity contribution in [3.63, 3.8) is 0 Å². The average Bonchev–Trinajstić information content (AvgIpc) is 3.05. The van der Waals surface area contributed by atoms with Gasteiger partial charge in [-0.15, -0.1) is 23.1 Å². The lowest BCUT2D eigenvalue weighted by Gasteiger charge is -2.22. The summed E-state index contributed by atoms with van der Waals surface area (Å²) in [6, 6.07) is 7.57. The molecule has 1 aliphatic rings. The maximum atomic E-state index is 12.8. The fourth-order valence-corrected chi connectivity index (χ4v) is 5.35. The molecular weight excluding hydrogens is 392 g/mol. The number of thiophene rings is 1. The number of thioether (sulfide) groups is 1. The Morgan fingerprint density at radius 3 is 2.61 bits per heavy atom. The number of anilines is 1. The quantitative estimate of drug-likeness (QED) is 0.534. The van der Waals surface area contributed by atoms with Gasteiger partial charge < -0.3 is 15.0 Å². The van der Waals surface area contributed by atoms with Crippen molar-refractivity contribution in [2.75, 3.05) is 30.8 Å². The van der Waals surface area contributed by atoms with E-state index in [1.807, 2.05) is 24.3 Å². The Morgan fingerprint density at radius 2 is 1.96 bits per heavy atom. The summed E-state index contributed by atoms with van der Waals surface area (Å²) in [5.41, 5.74) is 2.18. The lowest BCUT2D eigenvalue weighted by atomic mass is 10.0. The van der Waals surface area contributed by atoms with Gasteiger partial charge in [-0.2, -0.15) is 0 Å². The molecule has 2 aromatic rings. The molecule has 0 aliphatic carbocycles. The van der Waals surface area contributed by atoms with Crippen molar-refractivity contribution in [1.29, 1.82) is 0 Å². The molecule has 7 heteroatoms. The van der Waals surface area contributed by atoms with E-state index < -0.39 is 0 Å². The Balaban J connectivity index is 1.86. The van der Waals surface area contributed by atoms with Gasteiger partial charge in [0.05, 0.1) is 30.1 Å². The van der Waals surface area contributed by atoms with Crippen molar-refractivity contribution in [3.05, 3.63) is 45.8 Å². The van der Waals surface area contributed by atoms with Crippen LogP contribution in [0, 0.1) is 0 Å². The van der Waals surface area contributed by atoms with Crippen molar-refractivity contribution in [2.45, 2.75) is 38.6 Å². The zero-order chi connectivity index (χ0) is 20.1. The number of carbonyl (C=O) groups is 2. The van der Waals surface area contributed by atoms with E-state index in [2.05, 4.69) is 19.2 Å². The number of carbonyl (C=O) groups excluding carboxylic acids is 2. The van der Waals surface area contributed by atoms with Gasteiger partial charge in [0.2, 0.25) is 0 Å². The lowest BCUT2D eigenvalue weighted by molar-refractivity contribution is -0.913. The molecule has 1 amide bonds. The van der Waals surface area contributed by atoms with Gasteiger partial charge in [-0.3, -0.25) is 4.79 Å². The maximum absolute atomic E-state index is 12.8. The van der Waals surface area contributed by atoms with Crippen molar-refractivity contribution < 1.29 is 19.2 Å². The van der Waals surface area contributed by atoms with Gasteiger partial charge in [-0.1, -0.05) is 6.92 Å². The van der Waals surface area contributed by atoms with Crippen LogP contribution in [0.5, 0.6) is 0 Å². The molecule has 1 atom stereocenters. The molecule has 1 aromatic heterocycles. The molecule has 1 aliphatic heterocycles. The number of ether oxygens (including phenoxy) is 1. The smallest absolute Gasteiger partial charge is 0.341 e. The molecule has 0 saturated carbocycles. The highest BCUT2D eigenvalue weighted by molar-refractivity contribution is 7.99. The first-order valence-electron chi connectivity index (χ1n) is 9.76. The molecule has 0 saturated heterocycles. The zero-order valence-corrected chi connectivity index (χ0v) is 18.2. The van der Waals surface area contributed by atoms with Crippen LogP contribution >= 0.6 is 23.1 Å². The molecule has 3 rings (SSSR count). The van der Waals surface area contributed by atoms with Crippen LogP contribution in [0.1, 0.15) is 51.9 Å². The van der Waals surface area contributed by atoms with Gasteiger partial charge >= 0.3 is 5.97 Å². The zero-order valence-electron chi connectivity index (χ0n) is 16.6. The highest BCUT2D eigenvalue weighted by Crippen LogP contribution is 2.35. The summed E-state index contributed by atoms with van der Waals surface area (Å²) in [6.45, 7) is 9.33. The molecule has 5 nitrogen and oxygen atoms in total. The number of amides is 1. The van der Waals surface area contributed by atoms with E-state index in [9.17, 15) is 9.59 Å². The minimum atomic E-state index is -0.343. The third-order valence-corrected chi connectivity index (χ3v) is 6.91. The van der Waals surface area contributed by atoms with E-state index in [-0.39, 0.29) is 11.9 Å². The number of fused-ring (bicyclic) bond motifs is 1. The molecule has 1 aromatic carbocycles. The molecule has 2 N–H and O–H groups in total. The topological polar surface area (TPSA) is 59.8 Å². The summed E-state index contributed by atoms with van der Waals surface area (Å²) in [7, 11) is 0. The number of esters is 1. The van der Waals surface area contributed by atoms with E-state index in [1.54, 1.807) is 18.7 Å². The fourth-order valence-electron chi connectivity index (χ4n) is 3.39. The van der Waals surface area contributed by atoms with E-state index in [0.29, 0.717) is 22.7 Å². The molecular formula is C21H27N2O3S2+. The largest absolute Gasteiger partial charge is 0.462 e. The van der Waals surface area contributed by atoms with Gasteiger partial charge in [0, 0.05) is 16.9 Å². The molecule has 28 heavy (non-hydrogen) atoms. The lowest BCUT2D eigenvalue weighted by Crippen LogP contribution is -3.11. The third-order valence-electron chi connectivity index (χ3n) is 4.86. The van der Waals surface area contributed by atoms with Crippen LogP contribution < -0.4 is 10.2 Å². The van der Waals surface area contributed by atoms with Gasteiger partial charge in [-0.25, -0.2) is 4.79 Å². The number of benzene rings is 1. The standard InChI is InChI=1S/C21H26N2O3S2/c1-4-23-12-11-16-17(13-23)28-20(18(16)21(25)26-5-2)22-19(24)14-7-9-15(10-8-14)27-6-3/h7-10H,4-6,11-13H2,1-3H3,(H,22,24)/p+1. The second-order valence-electron chi connectivity index (χ2n) is 6.62. The first-order valence-corrected chi connectivity index (χ1v) is 11.6. The van der Waals surface area contributed by atoms with Crippen LogP contribution in [-0.2, 0) is 17.7 Å². The van der Waals surface area contributed by atoms with Crippen LogP contribution in [0.25, 0.3) is 0 Å². The number of rotatable bonds is 7. The Labute approximate surface area is 174 Å². The molecule has 150 valence electrons. The van der Waals surface area contributed by atoms with E-state index in [4.69, 9.17) is 4.74 Å². The minimum Gasteiger partial charge on any atom is -0.462 e. The predicted molar refractivity (Wildman–Crippen MR) is 115 cm³/mol. The average molecular weight is 420 g/mol. The number of quaternary nitrogens is 1. The number of likely N-dealkylation sites (N-methyl/N-ethyl adjacent to an activating group) is 1. The molecule has 2 heterocycles. The van der Waals surface area contributed by atoms with E-state index >= 15 is 0 Å². The third kappa shape index (κ3) is 4.59. The van der Waals surface area contributed by atoms with Crippen molar-refractivity contribution in [2.24, 2.45) is 0 Å². The fraction of sp³-hybridized carbons (Fsp3) is 0.429. The molecule has 0 radical (unpaired) electrons. The Hall–Kier alpha value is -1.83. The number of nitrogens with one attached hydrogen (secondary N) is 2. The minimum absolute atomic E-state index is 0.197. The summed E-state index contributed by atoms with van der Waals surface area (Å²) < 4.78 is 5.28. The Bertz CT molecular complexity index is 846. The normalized spacial score (nSPS) is 15.8. The summed E-state index contributed by atoms with van der Waals surface area (Å²) in [5, 5.41) is 3.58. The summed E-state index contributed by atoms with van der Waals surface area (Å²) in [6.07, 6.45) is 0.835. The SMILES string of the molecule is CCOC(=O)c1c(NC(=O)c2ccc(SCC)cc2)sc2c1CC[NH+](CC)C2. The van der Waals surface area contributed by atoms with Crippen LogP contribution in [0.15, 0.2) is 29.2 Å². The first-order chi connectivity index (χ1) is 13.6. The molecule has 1 unspecified atom stereocenters. The monoisotopic (exact) mass is 419 g/mol. The van der Waals surface area contributed by atoms with Crippen LogP contribution in [0.3, 0.4) is 0 Å². The summed E-state index contributed by atoms with van der Waals surface area (Å²) in [5.74, 6) is 0.452. The van der Waals surface area contributed by atoms with Crippen LogP contribution in [0.2, 0.25) is 0 Å². The van der Waals surface area contributed by atoms with Crippen LogP contribution in [-0.4, -0.2) is 37.3 Å². The Morgan fingerprint density at radius 1 is 1.21 bits per heavy atom. The van der Waals surface area contributed by atoms with E-state index in [0.717, 1.165) is 42.3 Å². The van der Waals surface area contributed by atoms with Gasteiger partial charge in [0.25, 0.3) is 5.91 Å². The summed E-state index contributed by atoms with van der Waals surface area (Å²) in [4.78, 5) is 29.2. The second kappa shape index (κ2) is 9.58. The maximum Gasteiger partial charge on any atom is 0.341 e. The first kappa shape index (κ1) is 20.9. The van der Waals surface area contributed by atoms with Crippen molar-refractivity contribution in [1.82, 2.24) is 0 Å². The highest BCUT2D eigenvalue weighted by Gasteiger charge is 2.30.